The minimum absolute atomic E-state index is 0.0833. The first kappa shape index (κ1) is 21.0. The maximum Gasteiger partial charge on any atom is 0.338 e. The molecule has 0 radical (unpaired) electrons. The number of non-ortho nitro benzene ring substituents is 1. The summed E-state index contributed by atoms with van der Waals surface area (Å²) < 4.78 is 28.0. The Labute approximate surface area is 168 Å². The predicted molar refractivity (Wildman–Crippen MR) is 101 cm³/mol. The number of hydrogen-bond acceptors (Lipinski definition) is 8. The van der Waals surface area contributed by atoms with E-state index in [1.165, 1.54) is 37.5 Å². The molecular formula is C20H23NO8. The number of ether oxygens (including phenoxy) is 5. The van der Waals surface area contributed by atoms with E-state index in [9.17, 15) is 14.9 Å². The molecule has 0 bridgehead atoms. The van der Waals surface area contributed by atoms with Crippen molar-refractivity contribution in [2.24, 2.45) is 0 Å². The molecular weight excluding hydrogens is 382 g/mol. The molecule has 2 fully saturated rings. The Hall–Kier alpha value is -2.75. The number of carbonyl (C=O) groups is 1. The fourth-order valence-electron chi connectivity index (χ4n) is 3.22. The van der Waals surface area contributed by atoms with Crippen molar-refractivity contribution in [2.75, 3.05) is 13.7 Å². The molecule has 9 nitrogen and oxygen atoms in total. The molecule has 0 spiro atoms. The molecule has 2 saturated heterocycles. The number of nitro benzene ring substituents is 1. The molecule has 0 aliphatic carbocycles. The number of esters is 1. The van der Waals surface area contributed by atoms with Gasteiger partial charge in [0.25, 0.3) is 5.69 Å². The maximum absolute atomic E-state index is 12.5. The van der Waals surface area contributed by atoms with Crippen LogP contribution in [0, 0.1) is 10.1 Å². The fourth-order valence-corrected chi connectivity index (χ4v) is 3.22. The van der Waals surface area contributed by atoms with E-state index in [1.54, 1.807) is 26.8 Å². The van der Waals surface area contributed by atoms with Crippen molar-refractivity contribution in [1.82, 2.24) is 0 Å². The van der Waals surface area contributed by atoms with Gasteiger partial charge in [-0.3, -0.25) is 10.1 Å². The third-order valence-corrected chi connectivity index (χ3v) is 4.39. The molecule has 3 rings (SSSR count). The van der Waals surface area contributed by atoms with Gasteiger partial charge in [-0.25, -0.2) is 4.79 Å². The highest BCUT2D eigenvalue weighted by atomic mass is 16.8. The monoisotopic (exact) mass is 405 g/mol. The average molecular weight is 405 g/mol. The van der Waals surface area contributed by atoms with Gasteiger partial charge in [-0.15, -0.1) is 0 Å². The lowest BCUT2D eigenvalue weighted by Gasteiger charge is -2.21. The van der Waals surface area contributed by atoms with E-state index in [-0.39, 0.29) is 17.9 Å². The van der Waals surface area contributed by atoms with Gasteiger partial charge in [-0.2, -0.15) is 0 Å². The minimum Gasteiger partial charge on any atom is -0.463 e. The van der Waals surface area contributed by atoms with Gasteiger partial charge >= 0.3 is 5.97 Å². The summed E-state index contributed by atoms with van der Waals surface area (Å²) in [5.74, 6) is -1.05. The number of fused-ring (bicyclic) bond motifs is 1. The van der Waals surface area contributed by atoms with Crippen LogP contribution in [0.2, 0.25) is 0 Å². The first-order chi connectivity index (χ1) is 13.7. The lowest BCUT2D eigenvalue weighted by molar-refractivity contribution is -0.384. The van der Waals surface area contributed by atoms with E-state index in [0.29, 0.717) is 11.3 Å². The van der Waals surface area contributed by atoms with E-state index in [2.05, 4.69) is 0 Å². The summed E-state index contributed by atoms with van der Waals surface area (Å²) in [6.07, 6.45) is 1.26. The Morgan fingerprint density at radius 2 is 2.10 bits per heavy atom. The second kappa shape index (κ2) is 8.32. The van der Waals surface area contributed by atoms with Crippen LogP contribution in [-0.4, -0.2) is 48.9 Å². The molecule has 0 aromatic heterocycles. The number of methoxy groups -OCH3 is 1. The van der Waals surface area contributed by atoms with Crippen LogP contribution in [0.15, 0.2) is 41.7 Å². The van der Waals surface area contributed by atoms with E-state index in [1.807, 2.05) is 0 Å². The number of nitrogens with zero attached hydrogens (tertiary/aromatic N) is 1. The third kappa shape index (κ3) is 4.64. The summed E-state index contributed by atoms with van der Waals surface area (Å²) in [5, 5.41) is 11.0. The quantitative estimate of drug-likeness (QED) is 0.308. The molecule has 1 aromatic carbocycles. The first-order valence-electron chi connectivity index (χ1n) is 9.14. The van der Waals surface area contributed by atoms with Crippen molar-refractivity contribution in [1.29, 1.82) is 0 Å². The lowest BCUT2D eigenvalue weighted by atomic mass is 10.1. The largest absolute Gasteiger partial charge is 0.463 e. The second-order valence-electron chi connectivity index (χ2n) is 6.96. The van der Waals surface area contributed by atoms with Crippen LogP contribution >= 0.6 is 0 Å². The van der Waals surface area contributed by atoms with Gasteiger partial charge in [0.15, 0.2) is 11.9 Å². The minimum atomic E-state index is -0.805. The molecule has 9 heteroatoms. The number of hydrogen-bond donors (Lipinski definition) is 0. The highest BCUT2D eigenvalue weighted by Gasteiger charge is 2.53. The summed E-state index contributed by atoms with van der Waals surface area (Å²) in [6, 6.07) is 5.93. The molecule has 29 heavy (non-hydrogen) atoms. The Balaban J connectivity index is 1.95. The summed E-state index contributed by atoms with van der Waals surface area (Å²) in [6.45, 7) is 5.41. The number of carbonyl (C=O) groups excluding carboxylic acids is 1. The van der Waals surface area contributed by atoms with Crippen LogP contribution in [0.4, 0.5) is 5.69 Å². The van der Waals surface area contributed by atoms with Crippen molar-refractivity contribution in [2.45, 2.75) is 45.1 Å². The summed E-state index contributed by atoms with van der Waals surface area (Å²) in [4.78, 5) is 23.0. The van der Waals surface area contributed by atoms with Gasteiger partial charge in [0.2, 0.25) is 6.29 Å². The molecule has 0 saturated carbocycles. The molecule has 0 amide bonds. The number of nitro groups is 1. The van der Waals surface area contributed by atoms with E-state index in [4.69, 9.17) is 23.7 Å². The molecule has 1 aromatic rings. The van der Waals surface area contributed by atoms with Crippen LogP contribution in [0.3, 0.4) is 0 Å². The third-order valence-electron chi connectivity index (χ3n) is 4.39. The molecule has 0 unspecified atom stereocenters. The van der Waals surface area contributed by atoms with Gasteiger partial charge in [-0.1, -0.05) is 12.1 Å². The Morgan fingerprint density at radius 3 is 2.76 bits per heavy atom. The Kier molecular flexibility index (Phi) is 6.02. The molecule has 0 N–H and O–H groups in total. The van der Waals surface area contributed by atoms with Crippen molar-refractivity contribution in [3.63, 3.8) is 0 Å². The summed E-state index contributed by atoms with van der Waals surface area (Å²) in [7, 11) is 1.51. The van der Waals surface area contributed by atoms with E-state index >= 15 is 0 Å². The SMILES string of the molecule is CCOC(=O)C(/C=C1\O[C@@H]2OC(C)(C)O[C@@H]2[C@H]1OC)=C/c1cccc([N+](=O)[O-])c1. The molecule has 2 aliphatic rings. The molecule has 2 heterocycles. The van der Waals surface area contributed by atoms with Crippen molar-refractivity contribution in [3.05, 3.63) is 57.4 Å². The lowest BCUT2D eigenvalue weighted by Crippen LogP contribution is -2.30. The Bertz CT molecular complexity index is 860. The van der Waals surface area contributed by atoms with E-state index in [0.717, 1.165) is 0 Å². The summed E-state index contributed by atoms with van der Waals surface area (Å²) in [5.41, 5.74) is 0.545. The van der Waals surface area contributed by atoms with Crippen molar-refractivity contribution in [3.8, 4) is 0 Å². The van der Waals surface area contributed by atoms with Crippen molar-refractivity contribution >= 4 is 17.7 Å². The summed E-state index contributed by atoms with van der Waals surface area (Å²) >= 11 is 0. The zero-order valence-electron chi connectivity index (χ0n) is 16.6. The zero-order chi connectivity index (χ0) is 21.2. The van der Waals surface area contributed by atoms with Crippen LogP contribution in [0.1, 0.15) is 26.3 Å². The van der Waals surface area contributed by atoms with Crippen LogP contribution < -0.4 is 0 Å². The first-order valence-corrected chi connectivity index (χ1v) is 9.14. The van der Waals surface area contributed by atoms with Gasteiger partial charge in [-0.05, 0) is 38.5 Å². The molecule has 2 aliphatic heterocycles. The van der Waals surface area contributed by atoms with Crippen LogP contribution in [0.5, 0.6) is 0 Å². The Morgan fingerprint density at radius 1 is 1.34 bits per heavy atom. The maximum atomic E-state index is 12.5. The van der Waals surface area contributed by atoms with Gasteiger partial charge in [0.1, 0.15) is 11.9 Å². The smallest absolute Gasteiger partial charge is 0.338 e. The second-order valence-corrected chi connectivity index (χ2v) is 6.96. The highest BCUT2D eigenvalue weighted by molar-refractivity contribution is 5.97. The van der Waals surface area contributed by atoms with Gasteiger partial charge < -0.3 is 23.7 Å². The topological polar surface area (TPSA) is 106 Å². The molecule has 3 atom stereocenters. The fraction of sp³-hybridized carbons (Fsp3) is 0.450. The van der Waals surface area contributed by atoms with E-state index < -0.39 is 35.2 Å². The van der Waals surface area contributed by atoms with Crippen LogP contribution in [-0.2, 0) is 28.5 Å². The van der Waals surface area contributed by atoms with Gasteiger partial charge in [0, 0.05) is 19.2 Å². The average Bonchev–Trinajstić information content (AvgIpc) is 3.12. The standard InChI is InChI=1S/C20H23NO8/c1-5-26-18(22)13(9-12-7-6-8-14(10-12)21(23)24)11-15-16(25-4)17-19(27-15)29-20(2,3)28-17/h6-11,16-17,19H,5H2,1-4H3/b13-9+,15-11-/t16-,17+,19+/m0/s1. The predicted octanol–water partition coefficient (Wildman–Crippen LogP) is 2.95. The van der Waals surface area contributed by atoms with Crippen molar-refractivity contribution < 1.29 is 33.4 Å². The highest BCUT2D eigenvalue weighted by Crippen LogP contribution is 2.40. The zero-order valence-corrected chi connectivity index (χ0v) is 16.6. The molecule has 156 valence electrons. The normalized spacial score (nSPS) is 26.8. The number of benzene rings is 1. The number of rotatable bonds is 6. The van der Waals surface area contributed by atoms with Gasteiger partial charge in [0.05, 0.1) is 17.1 Å². The van der Waals surface area contributed by atoms with Crippen LogP contribution in [0.25, 0.3) is 6.08 Å².